The topological polar surface area (TPSA) is 28.6 Å². The minimum Gasteiger partial charge on any atom is -0.378 e. The molecule has 0 bridgehead atoms. The zero-order valence-corrected chi connectivity index (χ0v) is 23.9. The van der Waals surface area contributed by atoms with Crippen molar-refractivity contribution in [2.45, 2.75) is 71.9 Å². The predicted molar refractivity (Wildman–Crippen MR) is 159 cm³/mol. The molecule has 2 heterocycles. The summed E-state index contributed by atoms with van der Waals surface area (Å²) in [6, 6.07) is 20.7. The molecule has 38 heavy (non-hydrogen) atoms. The molecule has 2 fully saturated rings. The Bertz CT molecular complexity index is 1170. The third-order valence-corrected chi connectivity index (χ3v) is 8.78. The van der Waals surface area contributed by atoms with Crippen LogP contribution in [0.2, 0.25) is 0 Å². The summed E-state index contributed by atoms with van der Waals surface area (Å²) in [7, 11) is 2.33. The van der Waals surface area contributed by atoms with Crippen molar-refractivity contribution in [3.63, 3.8) is 0 Å². The third-order valence-electron chi connectivity index (χ3n) is 8.78. The van der Waals surface area contributed by atoms with Crippen LogP contribution in [0.3, 0.4) is 0 Å². The zero-order valence-electron chi connectivity index (χ0n) is 23.9. The molecule has 2 aliphatic rings. The molecule has 0 N–H and O–H groups in total. The lowest BCUT2D eigenvalue weighted by Crippen LogP contribution is -2.38. The Hall–Kier alpha value is -2.69. The molecule has 0 spiro atoms. The van der Waals surface area contributed by atoms with Gasteiger partial charge in [0, 0.05) is 48.2 Å². The normalized spacial score (nSPS) is 17.3. The minimum absolute atomic E-state index is 0.433. The molecule has 0 amide bonds. The van der Waals surface area contributed by atoms with Gasteiger partial charge in [0.2, 0.25) is 0 Å². The van der Waals surface area contributed by atoms with Gasteiger partial charge in [-0.2, -0.15) is 0 Å². The molecule has 3 aromatic rings. The Morgan fingerprint density at radius 3 is 2.24 bits per heavy atom. The first-order valence-electron chi connectivity index (χ1n) is 14.8. The summed E-state index contributed by atoms with van der Waals surface area (Å²) < 4.78 is 5.76. The van der Waals surface area contributed by atoms with Crippen molar-refractivity contribution in [1.29, 1.82) is 0 Å². The van der Waals surface area contributed by atoms with E-state index >= 15 is 0 Å². The number of benzene rings is 2. The maximum atomic E-state index is 5.76. The molecule has 1 aliphatic heterocycles. The average molecular weight is 512 g/mol. The SMILES string of the molecule is CCc1cccc(CC)c1-c1cc(N2CCOCC2)c(CN(C)C(c2ccccc2)C2CCCC2)c(C)n1. The lowest BCUT2D eigenvalue weighted by Gasteiger charge is -2.36. The lowest BCUT2D eigenvalue weighted by atomic mass is 9.90. The van der Waals surface area contributed by atoms with E-state index in [0.717, 1.165) is 57.1 Å². The number of anilines is 1. The molecule has 5 rings (SSSR count). The molecular weight excluding hydrogens is 466 g/mol. The zero-order chi connectivity index (χ0) is 26.5. The number of hydrogen-bond donors (Lipinski definition) is 0. The molecule has 1 atom stereocenters. The summed E-state index contributed by atoms with van der Waals surface area (Å²) in [5.41, 5.74) is 10.5. The quantitative estimate of drug-likeness (QED) is 0.300. The Balaban J connectivity index is 1.57. The molecule has 202 valence electrons. The van der Waals surface area contributed by atoms with Gasteiger partial charge in [0.1, 0.15) is 0 Å². The van der Waals surface area contributed by atoms with E-state index in [-0.39, 0.29) is 0 Å². The Morgan fingerprint density at radius 1 is 0.947 bits per heavy atom. The van der Waals surface area contributed by atoms with Gasteiger partial charge in [-0.15, -0.1) is 0 Å². The average Bonchev–Trinajstić information content (AvgIpc) is 3.49. The van der Waals surface area contributed by atoms with Gasteiger partial charge < -0.3 is 9.64 Å². The van der Waals surface area contributed by atoms with Gasteiger partial charge in [-0.05, 0) is 68.3 Å². The van der Waals surface area contributed by atoms with Crippen molar-refractivity contribution in [3.8, 4) is 11.3 Å². The highest BCUT2D eigenvalue weighted by atomic mass is 16.5. The fraction of sp³-hybridized carbons (Fsp3) is 0.500. The van der Waals surface area contributed by atoms with Crippen molar-refractivity contribution >= 4 is 5.69 Å². The molecular formula is C34H45N3O. The van der Waals surface area contributed by atoms with E-state index in [1.165, 1.54) is 59.2 Å². The molecule has 1 saturated carbocycles. The predicted octanol–water partition coefficient (Wildman–Crippen LogP) is 7.38. The van der Waals surface area contributed by atoms with Crippen LogP contribution in [0.25, 0.3) is 11.3 Å². The highest BCUT2D eigenvalue weighted by molar-refractivity contribution is 5.73. The summed E-state index contributed by atoms with van der Waals surface area (Å²) in [5.74, 6) is 0.713. The van der Waals surface area contributed by atoms with Gasteiger partial charge in [-0.3, -0.25) is 9.88 Å². The van der Waals surface area contributed by atoms with Gasteiger partial charge in [0.15, 0.2) is 0 Å². The van der Waals surface area contributed by atoms with Crippen molar-refractivity contribution in [2.24, 2.45) is 5.92 Å². The number of aromatic nitrogens is 1. The fourth-order valence-corrected chi connectivity index (χ4v) is 6.82. The van der Waals surface area contributed by atoms with Crippen LogP contribution in [0.1, 0.15) is 73.5 Å². The van der Waals surface area contributed by atoms with Crippen LogP contribution < -0.4 is 4.90 Å². The molecule has 1 saturated heterocycles. The van der Waals surface area contributed by atoms with Gasteiger partial charge in [-0.1, -0.05) is 75.2 Å². The summed E-state index contributed by atoms with van der Waals surface area (Å²) in [6.07, 6.45) is 7.39. The van der Waals surface area contributed by atoms with Crippen molar-refractivity contribution in [2.75, 3.05) is 38.3 Å². The molecule has 4 heteroatoms. The second-order valence-corrected chi connectivity index (χ2v) is 11.2. The van der Waals surface area contributed by atoms with Gasteiger partial charge in [0.25, 0.3) is 0 Å². The van der Waals surface area contributed by atoms with E-state index in [9.17, 15) is 0 Å². The van der Waals surface area contributed by atoms with Crippen LogP contribution in [-0.4, -0.2) is 43.2 Å². The number of nitrogens with zero attached hydrogens (tertiary/aromatic N) is 3. The fourth-order valence-electron chi connectivity index (χ4n) is 6.82. The van der Waals surface area contributed by atoms with Crippen LogP contribution in [0.15, 0.2) is 54.6 Å². The third kappa shape index (κ3) is 5.67. The first-order chi connectivity index (χ1) is 18.6. The smallest absolute Gasteiger partial charge is 0.0731 e. The van der Waals surface area contributed by atoms with Crippen molar-refractivity contribution in [1.82, 2.24) is 9.88 Å². The largest absolute Gasteiger partial charge is 0.378 e. The number of ether oxygens (including phenoxy) is 1. The number of morpholine rings is 1. The van der Waals surface area contributed by atoms with Crippen LogP contribution >= 0.6 is 0 Å². The Morgan fingerprint density at radius 2 is 1.61 bits per heavy atom. The second kappa shape index (κ2) is 12.4. The van der Waals surface area contributed by atoms with Crippen molar-refractivity contribution in [3.05, 3.63) is 82.5 Å². The minimum atomic E-state index is 0.433. The van der Waals surface area contributed by atoms with Gasteiger partial charge in [-0.25, -0.2) is 0 Å². The number of rotatable bonds is 9. The Kier molecular flexibility index (Phi) is 8.81. The van der Waals surface area contributed by atoms with Crippen LogP contribution in [-0.2, 0) is 24.1 Å². The van der Waals surface area contributed by atoms with E-state index < -0.39 is 0 Å². The standard InChI is InChI=1S/C34H45N3O/c1-5-26-17-12-18-27(6-2)33(26)31-23-32(37-19-21-38-22-20-37)30(25(3)35-31)24-36(4)34(29-15-10-11-16-29)28-13-8-7-9-14-28/h7-9,12-14,17-18,23,29,34H,5-6,10-11,15-16,19-22,24H2,1-4H3. The van der Waals surface area contributed by atoms with Crippen molar-refractivity contribution < 1.29 is 4.74 Å². The van der Waals surface area contributed by atoms with Crippen LogP contribution in [0, 0.1) is 12.8 Å². The maximum Gasteiger partial charge on any atom is 0.0731 e. The highest BCUT2D eigenvalue weighted by Gasteiger charge is 2.31. The molecule has 2 aromatic carbocycles. The summed E-state index contributed by atoms with van der Waals surface area (Å²) in [4.78, 5) is 10.5. The van der Waals surface area contributed by atoms with E-state index in [0.29, 0.717) is 12.0 Å². The monoisotopic (exact) mass is 511 g/mol. The first-order valence-corrected chi connectivity index (χ1v) is 14.8. The van der Waals surface area contributed by atoms with Gasteiger partial charge in [0.05, 0.1) is 18.9 Å². The van der Waals surface area contributed by atoms with Crippen LogP contribution in [0.4, 0.5) is 5.69 Å². The second-order valence-electron chi connectivity index (χ2n) is 11.2. The molecule has 4 nitrogen and oxygen atoms in total. The van der Waals surface area contributed by atoms with Crippen LogP contribution in [0.5, 0.6) is 0 Å². The van der Waals surface area contributed by atoms with E-state index in [1.54, 1.807) is 0 Å². The lowest BCUT2D eigenvalue weighted by molar-refractivity contribution is 0.122. The van der Waals surface area contributed by atoms with E-state index in [1.807, 2.05) is 0 Å². The molecule has 1 aliphatic carbocycles. The first kappa shape index (κ1) is 26.9. The van der Waals surface area contributed by atoms with E-state index in [2.05, 4.69) is 92.2 Å². The number of aryl methyl sites for hydroxylation is 3. The summed E-state index contributed by atoms with van der Waals surface area (Å²) in [5, 5.41) is 0. The molecule has 1 aromatic heterocycles. The molecule has 1 unspecified atom stereocenters. The highest BCUT2D eigenvalue weighted by Crippen LogP contribution is 2.41. The summed E-state index contributed by atoms with van der Waals surface area (Å²) >= 11 is 0. The maximum absolute atomic E-state index is 5.76. The van der Waals surface area contributed by atoms with E-state index in [4.69, 9.17) is 9.72 Å². The summed E-state index contributed by atoms with van der Waals surface area (Å²) in [6.45, 7) is 11.1. The number of hydrogen-bond acceptors (Lipinski definition) is 4. The molecule has 0 radical (unpaired) electrons. The Labute approximate surface area is 230 Å². The number of pyridine rings is 1. The van der Waals surface area contributed by atoms with Gasteiger partial charge >= 0.3 is 0 Å².